The molecule has 0 aliphatic carbocycles. The average molecular weight is 1260 g/mol. The van der Waals surface area contributed by atoms with E-state index in [1.165, 1.54) is 12.8 Å². The number of aromatic nitrogens is 2. The molecule has 19 nitrogen and oxygen atoms in total. The second kappa shape index (κ2) is 25.9. The van der Waals surface area contributed by atoms with Gasteiger partial charge in [0.1, 0.15) is 22.7 Å². The van der Waals surface area contributed by atoms with Crippen molar-refractivity contribution in [3.8, 4) is 34.0 Å². The number of ether oxygens (including phenoxy) is 4. The lowest BCUT2D eigenvalue weighted by Crippen LogP contribution is -2.32. The standard InChI is InChI=1S/C63H80Cl2N8O11S2/c1-62(2,3)83-60(75)72-47-19-17-39(37-70-23-11-9-12-24-70)29-41(47)31-49(72)43-33-51(81-27-15-21-68-85(7,77)78)55(64)45-35-66-57(53(43)45)59(74)58-54-44(34-52(56(65)46(54)36-67-58)82-28-16-22-69-86(8,79)80)50-32-42-30-40(38-71-25-13-10-14-26-71)18-20-48(42)73(50)61(76)84-63(4,5)6/h17-20,29-34,57-58,66-69H,9-16,21-28,35-38H2,1-8H3. The van der Waals surface area contributed by atoms with Gasteiger partial charge in [0, 0.05) is 61.2 Å². The van der Waals surface area contributed by atoms with Crippen molar-refractivity contribution >= 4 is 83.0 Å². The van der Waals surface area contributed by atoms with Crippen LogP contribution in [0, 0.1) is 0 Å². The minimum Gasteiger partial charge on any atom is -0.492 e. The van der Waals surface area contributed by atoms with Gasteiger partial charge in [0.2, 0.25) is 20.0 Å². The van der Waals surface area contributed by atoms with E-state index in [1.54, 1.807) is 62.8 Å². The normalized spacial score (nSPS) is 17.9. The molecular formula is C63H80Cl2N8O11S2. The number of ketones is 1. The molecule has 2 atom stereocenters. The molecule has 4 N–H and O–H groups in total. The van der Waals surface area contributed by atoms with E-state index in [0.29, 0.717) is 68.6 Å². The second-order valence-corrected chi connectivity index (χ2v) is 29.6. The zero-order valence-corrected chi connectivity index (χ0v) is 53.6. The summed E-state index contributed by atoms with van der Waals surface area (Å²) < 4.78 is 81.0. The van der Waals surface area contributed by atoms with Gasteiger partial charge in [0.15, 0.2) is 5.78 Å². The lowest BCUT2D eigenvalue weighted by molar-refractivity contribution is -0.123. The van der Waals surface area contributed by atoms with E-state index in [9.17, 15) is 26.4 Å². The Morgan fingerprint density at radius 3 is 1.31 bits per heavy atom. The van der Waals surface area contributed by atoms with Crippen molar-refractivity contribution in [3.05, 3.63) is 104 Å². The van der Waals surface area contributed by atoms with Gasteiger partial charge in [-0.05, 0) is 188 Å². The highest BCUT2D eigenvalue weighted by Gasteiger charge is 2.43. The molecule has 0 amide bonds. The second-order valence-electron chi connectivity index (χ2n) is 25.2. The molecule has 0 bridgehead atoms. The number of nitrogens with zero attached hydrogens (tertiary/aromatic N) is 4. The number of carbonyl (C=O) groups is 3. The van der Waals surface area contributed by atoms with Gasteiger partial charge >= 0.3 is 12.2 Å². The molecule has 2 unspecified atom stereocenters. The number of sulfonamides is 2. The first-order valence-electron chi connectivity index (χ1n) is 29.8. The zero-order chi connectivity index (χ0) is 61.5. The van der Waals surface area contributed by atoms with Crippen LogP contribution in [0.25, 0.3) is 44.3 Å². The summed E-state index contributed by atoms with van der Waals surface area (Å²) in [4.78, 5) is 50.7. The first-order chi connectivity index (χ1) is 40.7. The van der Waals surface area contributed by atoms with Crippen molar-refractivity contribution in [1.29, 1.82) is 0 Å². The minimum absolute atomic E-state index is 0.0838. The maximum atomic E-state index is 16.2. The van der Waals surface area contributed by atoms with Crippen LogP contribution in [0.3, 0.4) is 0 Å². The van der Waals surface area contributed by atoms with Gasteiger partial charge in [-0.25, -0.2) is 45.0 Å². The Hall–Kier alpha value is -5.59. The van der Waals surface area contributed by atoms with E-state index in [0.717, 1.165) is 99.4 Å². The molecule has 4 aromatic carbocycles. The summed E-state index contributed by atoms with van der Waals surface area (Å²) in [7, 11) is -6.92. The van der Waals surface area contributed by atoms with Gasteiger partial charge in [-0.2, -0.15) is 0 Å². The van der Waals surface area contributed by atoms with Gasteiger partial charge in [-0.3, -0.25) is 25.2 Å². The average Bonchev–Trinajstić information content (AvgIpc) is 1.58. The number of hydrogen-bond donors (Lipinski definition) is 4. The third-order valence-corrected chi connectivity index (χ3v) is 18.2. The lowest BCUT2D eigenvalue weighted by Gasteiger charge is -2.26. The molecule has 10 rings (SSSR count). The monoisotopic (exact) mass is 1260 g/mol. The summed E-state index contributed by atoms with van der Waals surface area (Å²) in [6.45, 7) is 16.9. The third-order valence-electron chi connectivity index (χ3n) is 15.9. The number of halogens is 2. The van der Waals surface area contributed by atoms with Crippen LogP contribution in [0.15, 0.2) is 60.7 Å². The van der Waals surface area contributed by atoms with Crippen LogP contribution < -0.4 is 29.6 Å². The fraction of sp³-hybridized carbons (Fsp3) is 0.508. The van der Waals surface area contributed by atoms with Crippen LogP contribution in [-0.2, 0) is 60.5 Å². The predicted molar refractivity (Wildman–Crippen MR) is 336 cm³/mol. The van der Waals surface area contributed by atoms with Crippen LogP contribution in [0.4, 0.5) is 9.59 Å². The minimum atomic E-state index is -3.46. The summed E-state index contributed by atoms with van der Waals surface area (Å²) in [5.74, 6) is 0.229. The number of fused-ring (bicyclic) bond motifs is 4. The summed E-state index contributed by atoms with van der Waals surface area (Å²) in [6.07, 6.45) is 8.47. The first-order valence-corrected chi connectivity index (χ1v) is 34.3. The molecule has 2 fully saturated rings. The Morgan fingerprint density at radius 2 is 0.953 bits per heavy atom. The molecule has 23 heteroatoms. The van der Waals surface area contributed by atoms with E-state index in [2.05, 4.69) is 42.0 Å². The highest BCUT2D eigenvalue weighted by molar-refractivity contribution is 7.89. The van der Waals surface area contributed by atoms with Gasteiger partial charge in [0.25, 0.3) is 0 Å². The lowest BCUT2D eigenvalue weighted by atomic mass is 9.87. The van der Waals surface area contributed by atoms with Gasteiger partial charge < -0.3 is 18.9 Å². The highest BCUT2D eigenvalue weighted by Crippen LogP contribution is 2.50. The maximum Gasteiger partial charge on any atom is 0.419 e. The van der Waals surface area contributed by atoms with Crippen LogP contribution in [0.2, 0.25) is 10.0 Å². The molecule has 2 saturated heterocycles. The third kappa shape index (κ3) is 14.8. The number of carbonyl (C=O) groups excluding carboxylic acids is 3. The molecule has 86 heavy (non-hydrogen) atoms. The van der Waals surface area contributed by atoms with Gasteiger partial charge in [-0.1, -0.05) is 48.2 Å². The Kier molecular flexibility index (Phi) is 19.1. The van der Waals surface area contributed by atoms with Crippen molar-refractivity contribution in [3.63, 3.8) is 0 Å². The summed E-state index contributed by atoms with van der Waals surface area (Å²) >= 11 is 14.8. The molecular weight excluding hydrogens is 1180 g/mol. The molecule has 0 saturated carbocycles. The highest BCUT2D eigenvalue weighted by atomic mass is 35.5. The summed E-state index contributed by atoms with van der Waals surface area (Å²) in [6, 6.07) is 17.4. The fourth-order valence-corrected chi connectivity index (χ4v) is 13.8. The van der Waals surface area contributed by atoms with E-state index < -0.39 is 55.5 Å². The molecule has 2 aromatic heterocycles. The molecule has 0 spiro atoms. The van der Waals surface area contributed by atoms with Crippen LogP contribution in [0.5, 0.6) is 11.5 Å². The Balaban J connectivity index is 1.12. The smallest absolute Gasteiger partial charge is 0.419 e. The van der Waals surface area contributed by atoms with Crippen molar-refractivity contribution in [1.82, 2.24) is 39.0 Å². The number of rotatable bonds is 20. The predicted octanol–water partition coefficient (Wildman–Crippen LogP) is 11.0. The Bertz CT molecular complexity index is 3560. The topological polar surface area (TPSA) is 221 Å². The van der Waals surface area contributed by atoms with E-state index in [1.807, 2.05) is 36.4 Å². The first kappa shape index (κ1) is 63.4. The SMILES string of the molecule is CC(C)(C)OC(=O)n1c(-c2cc(OCCCNS(C)(=O)=O)c(Cl)c3c2C(C(=O)C2NCc4c(Cl)c(OCCCNS(C)(=O)=O)cc(-c5cc6cc(CN7CCCCC7)ccc6n5C(=O)OC(C)(C)C)c42)NC3)cc2cc(CN3CCCCC3)ccc21. The largest absolute Gasteiger partial charge is 0.492 e. The van der Waals surface area contributed by atoms with Gasteiger partial charge in [0.05, 0.1) is 70.3 Å². The van der Waals surface area contributed by atoms with Crippen molar-refractivity contribution < 1.29 is 50.2 Å². The maximum absolute atomic E-state index is 16.2. The molecule has 6 heterocycles. The van der Waals surface area contributed by atoms with Crippen molar-refractivity contribution in [2.75, 3.05) is 65.0 Å². The number of benzene rings is 4. The Morgan fingerprint density at radius 1 is 0.570 bits per heavy atom. The van der Waals surface area contributed by atoms with E-state index in [-0.39, 0.29) is 66.7 Å². The summed E-state index contributed by atoms with van der Waals surface area (Å²) in [5, 5.41) is 9.04. The van der Waals surface area contributed by atoms with Gasteiger partial charge in [-0.15, -0.1) is 0 Å². The number of hydrogen-bond acceptors (Lipinski definition) is 15. The van der Waals surface area contributed by atoms with Crippen molar-refractivity contribution in [2.24, 2.45) is 0 Å². The summed E-state index contributed by atoms with van der Waals surface area (Å²) in [5.41, 5.74) is 5.56. The van der Waals surface area contributed by atoms with E-state index >= 15 is 4.79 Å². The molecule has 6 aromatic rings. The molecule has 4 aliphatic heterocycles. The molecule has 4 aliphatic rings. The quantitative estimate of drug-likeness (QED) is 0.0522. The number of piperidine rings is 2. The molecule has 0 radical (unpaired) electrons. The number of likely N-dealkylation sites (tertiary alicyclic amines) is 2. The fourth-order valence-electron chi connectivity index (χ4n) is 12.2. The van der Waals surface area contributed by atoms with E-state index in [4.69, 9.17) is 42.1 Å². The zero-order valence-electron chi connectivity index (χ0n) is 50.4. The van der Waals surface area contributed by atoms with Crippen LogP contribution in [0.1, 0.15) is 138 Å². The number of Topliss-reactive ketones (excluding diaryl/α,β-unsaturated/α-hetero) is 1. The van der Waals surface area contributed by atoms with Crippen LogP contribution in [-0.4, -0.2) is 130 Å². The Labute approximate surface area is 514 Å². The van der Waals surface area contributed by atoms with Crippen LogP contribution >= 0.6 is 23.2 Å². The van der Waals surface area contributed by atoms with Crippen molar-refractivity contribution in [2.45, 2.75) is 142 Å². The molecule has 464 valence electrons. The number of nitrogens with one attached hydrogen (secondary N) is 4.